The van der Waals surface area contributed by atoms with Crippen molar-refractivity contribution in [3.63, 3.8) is 0 Å². The van der Waals surface area contributed by atoms with Gasteiger partial charge in [0.15, 0.2) is 0 Å². The van der Waals surface area contributed by atoms with Crippen molar-refractivity contribution in [2.24, 2.45) is 11.8 Å². The van der Waals surface area contributed by atoms with E-state index in [1.54, 1.807) is 0 Å². The molecule has 2 unspecified atom stereocenters. The minimum absolute atomic E-state index is 0.713. The largest absolute Gasteiger partial charge is 0.0709 e. The van der Waals surface area contributed by atoms with E-state index in [2.05, 4.69) is 59.3 Å². The highest BCUT2D eigenvalue weighted by Crippen LogP contribution is 2.32. The molecular formula is C14H17Br. The maximum atomic E-state index is 3.64. The van der Waals surface area contributed by atoms with Crippen LogP contribution in [0, 0.1) is 11.8 Å². The van der Waals surface area contributed by atoms with E-state index in [1.165, 1.54) is 29.3 Å². The van der Waals surface area contributed by atoms with E-state index in [0.29, 0.717) is 5.92 Å². The van der Waals surface area contributed by atoms with Crippen molar-refractivity contribution < 1.29 is 0 Å². The van der Waals surface area contributed by atoms with E-state index >= 15 is 0 Å². The Morgan fingerprint density at radius 1 is 1.27 bits per heavy atom. The number of allylic oxidation sites excluding steroid dienone is 2. The fourth-order valence-electron chi connectivity index (χ4n) is 2.38. The van der Waals surface area contributed by atoms with Gasteiger partial charge < -0.3 is 0 Å². The van der Waals surface area contributed by atoms with E-state index in [9.17, 15) is 0 Å². The molecule has 1 aliphatic carbocycles. The molecule has 0 nitrogen and oxygen atoms in total. The maximum absolute atomic E-state index is 3.64. The first-order chi connectivity index (χ1) is 7.24. The van der Waals surface area contributed by atoms with Crippen LogP contribution in [0.15, 0.2) is 40.9 Å². The molecule has 80 valence electrons. The predicted molar refractivity (Wildman–Crippen MR) is 69.0 cm³/mol. The van der Waals surface area contributed by atoms with Crippen LogP contribution in [0.3, 0.4) is 0 Å². The quantitative estimate of drug-likeness (QED) is 0.735. The molecule has 2 rings (SSSR count). The molecule has 15 heavy (non-hydrogen) atoms. The van der Waals surface area contributed by atoms with Crippen LogP contribution >= 0.6 is 15.9 Å². The first kappa shape index (κ1) is 10.9. The molecule has 0 fully saturated rings. The SMILES string of the molecule is CC1CC(Br)=CC(Cc2ccccc2)C1. The summed E-state index contributed by atoms with van der Waals surface area (Å²) in [6.07, 6.45) is 6.11. The molecule has 2 atom stereocenters. The van der Waals surface area contributed by atoms with Crippen LogP contribution < -0.4 is 0 Å². The van der Waals surface area contributed by atoms with Crippen molar-refractivity contribution >= 4 is 15.9 Å². The molecule has 0 spiro atoms. The monoisotopic (exact) mass is 264 g/mol. The maximum Gasteiger partial charge on any atom is -0.00836 e. The number of rotatable bonds is 2. The van der Waals surface area contributed by atoms with Crippen LogP contribution in [0.4, 0.5) is 0 Å². The molecule has 1 heteroatoms. The smallest absolute Gasteiger partial charge is 0.00836 e. The Morgan fingerprint density at radius 3 is 2.67 bits per heavy atom. The lowest BCUT2D eigenvalue weighted by molar-refractivity contribution is 0.423. The molecule has 0 bridgehead atoms. The Bertz CT molecular complexity index is 340. The van der Waals surface area contributed by atoms with Crippen LogP contribution in [-0.2, 0) is 6.42 Å². The average molecular weight is 265 g/mol. The van der Waals surface area contributed by atoms with Gasteiger partial charge in [-0.25, -0.2) is 0 Å². The third-order valence-corrected chi connectivity index (χ3v) is 3.59. The van der Waals surface area contributed by atoms with E-state index in [0.717, 1.165) is 5.92 Å². The topological polar surface area (TPSA) is 0 Å². The zero-order chi connectivity index (χ0) is 10.7. The Balaban J connectivity index is 2.04. The van der Waals surface area contributed by atoms with E-state index < -0.39 is 0 Å². The summed E-state index contributed by atoms with van der Waals surface area (Å²) in [4.78, 5) is 0. The van der Waals surface area contributed by atoms with Crippen LogP contribution in [0.2, 0.25) is 0 Å². The Hall–Kier alpha value is -0.560. The van der Waals surface area contributed by atoms with E-state index in [4.69, 9.17) is 0 Å². The van der Waals surface area contributed by atoms with Gasteiger partial charge in [0.2, 0.25) is 0 Å². The predicted octanol–water partition coefficient (Wildman–Crippen LogP) is 4.55. The van der Waals surface area contributed by atoms with Gasteiger partial charge in [-0.1, -0.05) is 59.3 Å². The minimum Gasteiger partial charge on any atom is -0.0709 e. The normalized spacial score (nSPS) is 26.1. The first-order valence-electron chi connectivity index (χ1n) is 5.64. The second-order valence-corrected chi connectivity index (χ2v) is 5.63. The van der Waals surface area contributed by atoms with Crippen molar-refractivity contribution in [3.05, 3.63) is 46.5 Å². The summed E-state index contributed by atoms with van der Waals surface area (Å²) in [6, 6.07) is 10.8. The number of benzene rings is 1. The number of hydrogen-bond acceptors (Lipinski definition) is 0. The third-order valence-electron chi connectivity index (χ3n) is 3.01. The number of halogens is 1. The van der Waals surface area contributed by atoms with Gasteiger partial charge in [0.05, 0.1) is 0 Å². The third kappa shape index (κ3) is 3.20. The van der Waals surface area contributed by atoms with Crippen molar-refractivity contribution in [2.45, 2.75) is 26.2 Å². The second kappa shape index (κ2) is 4.98. The fraction of sp³-hybridized carbons (Fsp3) is 0.429. The van der Waals surface area contributed by atoms with Gasteiger partial charge in [-0.15, -0.1) is 0 Å². The van der Waals surface area contributed by atoms with Gasteiger partial charge in [-0.2, -0.15) is 0 Å². The molecule has 1 aromatic rings. The highest BCUT2D eigenvalue weighted by atomic mass is 79.9. The fourth-order valence-corrected chi connectivity index (χ4v) is 3.31. The van der Waals surface area contributed by atoms with Crippen molar-refractivity contribution in [3.8, 4) is 0 Å². The molecule has 0 amide bonds. The van der Waals surface area contributed by atoms with Crippen molar-refractivity contribution in [1.29, 1.82) is 0 Å². The summed E-state index contributed by atoms with van der Waals surface area (Å²) < 4.78 is 1.39. The lowest BCUT2D eigenvalue weighted by Gasteiger charge is -2.24. The summed E-state index contributed by atoms with van der Waals surface area (Å²) in [5, 5.41) is 0. The Labute approximate surface area is 101 Å². The van der Waals surface area contributed by atoms with Gasteiger partial charge in [0.25, 0.3) is 0 Å². The van der Waals surface area contributed by atoms with Gasteiger partial charge in [0.1, 0.15) is 0 Å². The van der Waals surface area contributed by atoms with E-state index in [-0.39, 0.29) is 0 Å². The Morgan fingerprint density at radius 2 is 2.00 bits per heavy atom. The van der Waals surface area contributed by atoms with Crippen LogP contribution in [0.1, 0.15) is 25.3 Å². The zero-order valence-corrected chi connectivity index (χ0v) is 10.7. The van der Waals surface area contributed by atoms with Crippen molar-refractivity contribution in [1.82, 2.24) is 0 Å². The van der Waals surface area contributed by atoms with Gasteiger partial charge in [-0.3, -0.25) is 0 Å². The summed E-state index contributed by atoms with van der Waals surface area (Å²) in [6.45, 7) is 2.34. The molecule has 0 heterocycles. The average Bonchev–Trinajstić information content (AvgIpc) is 2.17. The lowest BCUT2D eigenvalue weighted by Crippen LogP contribution is -2.12. The molecule has 1 aliphatic rings. The van der Waals surface area contributed by atoms with E-state index in [1.807, 2.05) is 0 Å². The molecule has 0 radical (unpaired) electrons. The highest BCUT2D eigenvalue weighted by Gasteiger charge is 2.18. The lowest BCUT2D eigenvalue weighted by atomic mass is 9.84. The van der Waals surface area contributed by atoms with Crippen LogP contribution in [0.25, 0.3) is 0 Å². The van der Waals surface area contributed by atoms with Crippen LogP contribution in [-0.4, -0.2) is 0 Å². The molecular weight excluding hydrogens is 248 g/mol. The standard InChI is InChI=1S/C14H17Br/c1-11-7-13(10-14(15)8-11)9-12-5-3-2-4-6-12/h2-6,10-11,13H,7-9H2,1H3. The molecule has 0 aliphatic heterocycles. The number of hydrogen-bond donors (Lipinski definition) is 0. The molecule has 1 aromatic carbocycles. The van der Waals surface area contributed by atoms with Gasteiger partial charge in [-0.05, 0) is 41.1 Å². The van der Waals surface area contributed by atoms with Crippen LogP contribution in [0.5, 0.6) is 0 Å². The second-order valence-electron chi connectivity index (χ2n) is 4.61. The molecule has 0 saturated heterocycles. The van der Waals surface area contributed by atoms with Gasteiger partial charge in [0, 0.05) is 0 Å². The van der Waals surface area contributed by atoms with Gasteiger partial charge >= 0.3 is 0 Å². The summed E-state index contributed by atoms with van der Waals surface area (Å²) in [5.41, 5.74) is 1.45. The highest BCUT2D eigenvalue weighted by molar-refractivity contribution is 9.11. The first-order valence-corrected chi connectivity index (χ1v) is 6.43. The summed E-state index contributed by atoms with van der Waals surface area (Å²) in [7, 11) is 0. The molecule has 0 aromatic heterocycles. The molecule has 0 saturated carbocycles. The molecule has 0 N–H and O–H groups in total. The Kier molecular flexibility index (Phi) is 3.63. The summed E-state index contributed by atoms with van der Waals surface area (Å²) in [5.74, 6) is 1.53. The minimum atomic E-state index is 0.713. The zero-order valence-electron chi connectivity index (χ0n) is 9.12. The summed E-state index contributed by atoms with van der Waals surface area (Å²) >= 11 is 3.64. The van der Waals surface area contributed by atoms with Crippen molar-refractivity contribution in [2.75, 3.05) is 0 Å².